The number of carbonyl (C=O) groups is 2. The summed E-state index contributed by atoms with van der Waals surface area (Å²) >= 11 is 0. The molecule has 7 heteroatoms. The summed E-state index contributed by atoms with van der Waals surface area (Å²) in [4.78, 5) is 24.5. The first-order chi connectivity index (χ1) is 11.1. The molecule has 2 N–H and O–H groups in total. The minimum Gasteiger partial charge on any atom is -0.354 e. The predicted octanol–water partition coefficient (Wildman–Crippen LogP) is 2.77. The van der Waals surface area contributed by atoms with E-state index in [9.17, 15) is 22.8 Å². The first kappa shape index (κ1) is 18.3. The van der Waals surface area contributed by atoms with Crippen molar-refractivity contribution >= 4 is 11.8 Å². The molecule has 0 spiro atoms. The van der Waals surface area contributed by atoms with Crippen molar-refractivity contribution in [2.75, 3.05) is 6.54 Å². The summed E-state index contributed by atoms with van der Waals surface area (Å²) in [7, 11) is 0. The molecule has 1 aliphatic rings. The minimum atomic E-state index is -4.47. The molecule has 2 rings (SSSR count). The molecule has 0 aromatic heterocycles. The van der Waals surface area contributed by atoms with Crippen LogP contribution >= 0.6 is 0 Å². The first-order valence-corrected chi connectivity index (χ1v) is 7.89. The van der Waals surface area contributed by atoms with Crippen molar-refractivity contribution in [3.05, 3.63) is 35.4 Å². The molecular formula is C17H21F3N2O2. The topological polar surface area (TPSA) is 58.2 Å². The Kier molecular flexibility index (Phi) is 5.20. The van der Waals surface area contributed by atoms with Gasteiger partial charge in [-0.15, -0.1) is 0 Å². The molecule has 4 nitrogen and oxygen atoms in total. The maximum atomic E-state index is 12.9. The van der Waals surface area contributed by atoms with E-state index in [1.54, 1.807) is 13.8 Å². The van der Waals surface area contributed by atoms with Crippen LogP contribution in [0.2, 0.25) is 0 Å². The van der Waals surface area contributed by atoms with Crippen LogP contribution in [0.25, 0.3) is 0 Å². The van der Waals surface area contributed by atoms with Crippen LogP contribution in [0.4, 0.5) is 13.2 Å². The van der Waals surface area contributed by atoms with Gasteiger partial charge in [0.25, 0.3) is 0 Å². The van der Waals surface area contributed by atoms with Gasteiger partial charge in [0.15, 0.2) is 0 Å². The van der Waals surface area contributed by atoms with Gasteiger partial charge in [-0.1, -0.05) is 18.2 Å². The second-order valence-corrected chi connectivity index (χ2v) is 6.52. The molecule has 1 atom stereocenters. The molecule has 1 aromatic rings. The quantitative estimate of drug-likeness (QED) is 0.887. The van der Waals surface area contributed by atoms with E-state index in [2.05, 4.69) is 10.6 Å². The Bertz CT molecular complexity index is 627. The SMILES string of the molecule is CC(C)(C(=O)N[C@@H]1CCCCNC1=O)c1cccc(C(F)(F)F)c1. The molecule has 2 amide bonds. The fourth-order valence-corrected chi connectivity index (χ4v) is 2.63. The number of nitrogens with one attached hydrogen (secondary N) is 2. The maximum absolute atomic E-state index is 12.9. The zero-order valence-electron chi connectivity index (χ0n) is 13.7. The lowest BCUT2D eigenvalue weighted by Gasteiger charge is -2.27. The monoisotopic (exact) mass is 342 g/mol. The highest BCUT2D eigenvalue weighted by Crippen LogP contribution is 2.33. The Morgan fingerprint density at radius 3 is 2.54 bits per heavy atom. The highest BCUT2D eigenvalue weighted by molar-refractivity contribution is 5.92. The van der Waals surface area contributed by atoms with Crippen LogP contribution in [-0.2, 0) is 21.2 Å². The standard InChI is InChI=1S/C17H21F3N2O2/c1-16(2,11-6-5-7-12(10-11)17(18,19)20)15(24)22-13-8-3-4-9-21-14(13)23/h5-7,10,13H,3-4,8-9H2,1-2H3,(H,21,23)(H,22,24)/t13-/m1/s1. The largest absolute Gasteiger partial charge is 0.416 e. The third-order valence-corrected chi connectivity index (χ3v) is 4.32. The summed E-state index contributed by atoms with van der Waals surface area (Å²) in [6, 6.07) is 4.07. The average Bonchev–Trinajstić information content (AvgIpc) is 2.71. The fourth-order valence-electron chi connectivity index (χ4n) is 2.63. The third kappa shape index (κ3) is 4.07. The number of hydrogen-bond acceptors (Lipinski definition) is 2. The summed E-state index contributed by atoms with van der Waals surface area (Å²) in [6.07, 6.45) is -2.30. The molecule has 0 aliphatic carbocycles. The Morgan fingerprint density at radius 1 is 1.21 bits per heavy atom. The summed E-state index contributed by atoms with van der Waals surface area (Å²) in [6.45, 7) is 3.67. The molecule has 0 bridgehead atoms. The van der Waals surface area contributed by atoms with E-state index in [1.165, 1.54) is 12.1 Å². The van der Waals surface area contributed by atoms with Gasteiger partial charge in [-0.2, -0.15) is 13.2 Å². The smallest absolute Gasteiger partial charge is 0.354 e. The van der Waals surface area contributed by atoms with Gasteiger partial charge in [0.2, 0.25) is 11.8 Å². The van der Waals surface area contributed by atoms with Crippen molar-refractivity contribution < 1.29 is 22.8 Å². The van der Waals surface area contributed by atoms with Crippen LogP contribution in [0.3, 0.4) is 0 Å². The summed E-state index contributed by atoms with van der Waals surface area (Å²) < 4.78 is 38.6. The van der Waals surface area contributed by atoms with E-state index >= 15 is 0 Å². The lowest BCUT2D eigenvalue weighted by atomic mass is 9.82. The molecule has 1 aromatic carbocycles. The predicted molar refractivity (Wildman–Crippen MR) is 83.3 cm³/mol. The summed E-state index contributed by atoms with van der Waals surface area (Å²) in [5, 5.41) is 5.39. The molecule has 0 unspecified atom stereocenters. The molecule has 0 radical (unpaired) electrons. The van der Waals surface area contributed by atoms with Crippen LogP contribution in [0.15, 0.2) is 24.3 Å². The maximum Gasteiger partial charge on any atom is 0.416 e. The van der Waals surface area contributed by atoms with Gasteiger partial charge in [0.1, 0.15) is 6.04 Å². The van der Waals surface area contributed by atoms with Gasteiger partial charge in [0.05, 0.1) is 11.0 Å². The lowest BCUT2D eigenvalue weighted by Crippen LogP contribution is -2.50. The van der Waals surface area contributed by atoms with Crippen LogP contribution in [-0.4, -0.2) is 24.4 Å². The molecule has 24 heavy (non-hydrogen) atoms. The third-order valence-electron chi connectivity index (χ3n) is 4.32. The van der Waals surface area contributed by atoms with E-state index in [0.717, 1.165) is 25.0 Å². The first-order valence-electron chi connectivity index (χ1n) is 7.89. The van der Waals surface area contributed by atoms with Crippen LogP contribution in [0, 0.1) is 0 Å². The van der Waals surface area contributed by atoms with Crippen LogP contribution < -0.4 is 10.6 Å². The number of benzene rings is 1. The fraction of sp³-hybridized carbons (Fsp3) is 0.529. The molecule has 1 saturated heterocycles. The Morgan fingerprint density at radius 2 is 1.88 bits per heavy atom. The van der Waals surface area contributed by atoms with Gasteiger partial charge in [-0.05, 0) is 44.7 Å². The minimum absolute atomic E-state index is 0.249. The number of amides is 2. The number of carbonyl (C=O) groups excluding carboxylic acids is 2. The molecule has 1 heterocycles. The van der Waals surface area contributed by atoms with E-state index in [0.29, 0.717) is 13.0 Å². The lowest BCUT2D eigenvalue weighted by molar-refractivity contribution is -0.138. The van der Waals surface area contributed by atoms with Crippen LogP contribution in [0.5, 0.6) is 0 Å². The van der Waals surface area contributed by atoms with E-state index in [-0.39, 0.29) is 11.5 Å². The molecule has 1 fully saturated rings. The van der Waals surface area contributed by atoms with Gasteiger partial charge < -0.3 is 10.6 Å². The molecule has 132 valence electrons. The van der Waals surface area contributed by atoms with Crippen LogP contribution in [0.1, 0.15) is 44.2 Å². The molecule has 1 aliphatic heterocycles. The van der Waals surface area contributed by atoms with Crippen molar-refractivity contribution in [2.45, 2.75) is 50.7 Å². The van der Waals surface area contributed by atoms with E-state index in [4.69, 9.17) is 0 Å². The molecular weight excluding hydrogens is 321 g/mol. The number of rotatable bonds is 3. The second-order valence-electron chi connectivity index (χ2n) is 6.52. The highest BCUT2D eigenvalue weighted by Gasteiger charge is 2.36. The summed E-state index contributed by atoms with van der Waals surface area (Å²) in [5.41, 5.74) is -1.73. The van der Waals surface area contributed by atoms with E-state index in [1.807, 2.05) is 0 Å². The number of halogens is 3. The Hall–Kier alpha value is -2.05. The second kappa shape index (κ2) is 6.83. The zero-order chi connectivity index (χ0) is 18.0. The number of hydrogen-bond donors (Lipinski definition) is 2. The van der Waals surface area contributed by atoms with Gasteiger partial charge >= 0.3 is 6.18 Å². The Labute approximate surface area is 138 Å². The highest BCUT2D eigenvalue weighted by atomic mass is 19.4. The summed E-state index contributed by atoms with van der Waals surface area (Å²) in [5.74, 6) is -0.718. The van der Waals surface area contributed by atoms with Gasteiger partial charge in [-0.3, -0.25) is 9.59 Å². The van der Waals surface area contributed by atoms with Crippen molar-refractivity contribution in [3.63, 3.8) is 0 Å². The average molecular weight is 342 g/mol. The van der Waals surface area contributed by atoms with E-state index < -0.39 is 29.1 Å². The zero-order valence-corrected chi connectivity index (χ0v) is 13.7. The van der Waals surface area contributed by atoms with Crippen molar-refractivity contribution in [3.8, 4) is 0 Å². The molecule has 0 saturated carbocycles. The normalized spacial score (nSPS) is 19.4. The Balaban J connectivity index is 2.19. The van der Waals surface area contributed by atoms with Gasteiger partial charge in [0, 0.05) is 6.54 Å². The van der Waals surface area contributed by atoms with Crippen molar-refractivity contribution in [2.24, 2.45) is 0 Å². The van der Waals surface area contributed by atoms with Crippen molar-refractivity contribution in [1.29, 1.82) is 0 Å². The number of alkyl halides is 3. The van der Waals surface area contributed by atoms with Gasteiger partial charge in [-0.25, -0.2) is 0 Å². The van der Waals surface area contributed by atoms with Crippen molar-refractivity contribution in [1.82, 2.24) is 10.6 Å².